The largest absolute Gasteiger partial charge is 0.367 e. The third-order valence-corrected chi connectivity index (χ3v) is 4.31. The van der Waals surface area contributed by atoms with Crippen molar-refractivity contribution < 1.29 is 18.8 Å². The highest BCUT2D eigenvalue weighted by Gasteiger charge is 2.32. The summed E-state index contributed by atoms with van der Waals surface area (Å²) in [5.74, 6) is -1.11. The molecule has 140 valence electrons. The fraction of sp³-hybridized carbons (Fsp3) is 0.500. The quantitative estimate of drug-likeness (QED) is 0.784. The minimum absolute atomic E-state index is 0.0186. The number of anilines is 1. The third kappa shape index (κ3) is 3.41. The number of hydroxylamine groups is 2. The molecule has 2 aromatic heterocycles. The first kappa shape index (κ1) is 18.3. The van der Waals surface area contributed by atoms with Crippen molar-refractivity contribution in [2.75, 3.05) is 24.5 Å². The topological polar surface area (TPSA) is 67.7 Å². The highest BCUT2D eigenvalue weighted by molar-refractivity contribution is 6.03. The molecule has 1 aliphatic heterocycles. The molecular formula is C18H23FN4O3. The van der Waals surface area contributed by atoms with Crippen molar-refractivity contribution in [3.8, 4) is 0 Å². The Morgan fingerprint density at radius 3 is 2.65 bits per heavy atom. The van der Waals surface area contributed by atoms with Gasteiger partial charge in [0.05, 0.1) is 17.6 Å². The van der Waals surface area contributed by atoms with E-state index in [1.54, 1.807) is 31.7 Å². The monoisotopic (exact) mass is 362 g/mol. The molecule has 0 N–H and O–H groups in total. The highest BCUT2D eigenvalue weighted by Crippen LogP contribution is 2.30. The molecule has 7 nitrogen and oxygen atoms in total. The van der Waals surface area contributed by atoms with E-state index in [0.29, 0.717) is 31.0 Å². The molecule has 8 heteroatoms. The first-order valence-corrected chi connectivity index (χ1v) is 8.64. The van der Waals surface area contributed by atoms with E-state index in [0.717, 1.165) is 5.39 Å². The predicted octanol–water partition coefficient (Wildman–Crippen LogP) is 2.35. The van der Waals surface area contributed by atoms with E-state index >= 15 is 0 Å². The zero-order valence-electron chi connectivity index (χ0n) is 15.5. The third-order valence-electron chi connectivity index (χ3n) is 4.31. The van der Waals surface area contributed by atoms with Crippen LogP contribution in [0.2, 0.25) is 0 Å². The van der Waals surface area contributed by atoms with Gasteiger partial charge in [0.25, 0.3) is 0 Å². The smallest absolute Gasteiger partial charge is 0.330 e. The van der Waals surface area contributed by atoms with Crippen molar-refractivity contribution in [1.82, 2.24) is 14.6 Å². The first-order chi connectivity index (χ1) is 12.2. The van der Waals surface area contributed by atoms with Crippen LogP contribution in [0.15, 0.2) is 18.3 Å². The summed E-state index contributed by atoms with van der Waals surface area (Å²) in [5.41, 5.74) is 0.572. The second-order valence-corrected chi connectivity index (χ2v) is 7.34. The van der Waals surface area contributed by atoms with E-state index in [-0.39, 0.29) is 18.4 Å². The van der Waals surface area contributed by atoms with Crippen LogP contribution in [-0.2, 0) is 21.0 Å². The summed E-state index contributed by atoms with van der Waals surface area (Å²) in [7, 11) is 0. The summed E-state index contributed by atoms with van der Waals surface area (Å²) >= 11 is 0. The molecular weight excluding hydrogens is 339 g/mol. The SMILES string of the molecule is CCn1cc(N2CCN(OC(=O)C(C)(C)C)CC2=O)c2ccc(F)nc21. The number of carbonyl (C=O) groups is 2. The number of hydrogen-bond acceptors (Lipinski definition) is 5. The fourth-order valence-corrected chi connectivity index (χ4v) is 2.82. The first-order valence-electron chi connectivity index (χ1n) is 8.64. The average Bonchev–Trinajstić information content (AvgIpc) is 2.91. The van der Waals surface area contributed by atoms with Crippen LogP contribution in [0.5, 0.6) is 0 Å². The lowest BCUT2D eigenvalue weighted by Gasteiger charge is -2.33. The molecule has 26 heavy (non-hydrogen) atoms. The van der Waals surface area contributed by atoms with Crippen molar-refractivity contribution in [2.45, 2.75) is 34.2 Å². The van der Waals surface area contributed by atoms with Gasteiger partial charge in [-0.25, -0.2) is 9.78 Å². The number of piperazine rings is 1. The minimum atomic E-state index is -0.634. The van der Waals surface area contributed by atoms with Crippen LogP contribution in [0.25, 0.3) is 11.0 Å². The maximum absolute atomic E-state index is 13.5. The Bertz CT molecular complexity index is 856. The molecule has 1 amide bonds. The summed E-state index contributed by atoms with van der Waals surface area (Å²) in [5, 5.41) is 2.12. The molecule has 0 atom stereocenters. The van der Waals surface area contributed by atoms with Gasteiger partial charge in [-0.1, -0.05) is 0 Å². The number of fused-ring (bicyclic) bond motifs is 1. The van der Waals surface area contributed by atoms with Gasteiger partial charge in [0, 0.05) is 24.7 Å². The van der Waals surface area contributed by atoms with Crippen molar-refractivity contribution in [3.63, 3.8) is 0 Å². The Balaban J connectivity index is 1.81. The predicted molar refractivity (Wildman–Crippen MR) is 94.8 cm³/mol. The van der Waals surface area contributed by atoms with Gasteiger partial charge in [-0.05, 0) is 39.8 Å². The van der Waals surface area contributed by atoms with Crippen molar-refractivity contribution in [3.05, 3.63) is 24.3 Å². The molecule has 3 rings (SSSR count). The van der Waals surface area contributed by atoms with Crippen LogP contribution in [0, 0.1) is 11.4 Å². The molecule has 1 fully saturated rings. The Kier molecular flexibility index (Phi) is 4.70. The molecule has 0 saturated carbocycles. The average molecular weight is 362 g/mol. The Labute approximate surface area is 151 Å². The number of aryl methyl sites for hydroxylation is 1. The lowest BCUT2D eigenvalue weighted by molar-refractivity contribution is -0.202. The Morgan fingerprint density at radius 1 is 1.31 bits per heavy atom. The van der Waals surface area contributed by atoms with Crippen LogP contribution in [-0.4, -0.2) is 46.1 Å². The Hall–Kier alpha value is -2.48. The van der Waals surface area contributed by atoms with Crippen molar-refractivity contribution in [2.24, 2.45) is 5.41 Å². The standard InChI is InChI=1S/C18H23FN4O3/c1-5-21-10-13(12-6-7-14(19)20-16(12)21)23-9-8-22(11-15(23)24)26-17(25)18(2,3)4/h6-7,10H,5,8-9,11H2,1-4H3. The summed E-state index contributed by atoms with van der Waals surface area (Å²) in [6.07, 6.45) is 1.81. The highest BCUT2D eigenvalue weighted by atomic mass is 19.1. The molecule has 0 aromatic carbocycles. The van der Waals surface area contributed by atoms with E-state index in [1.807, 2.05) is 17.7 Å². The Morgan fingerprint density at radius 2 is 2.04 bits per heavy atom. The van der Waals surface area contributed by atoms with Crippen LogP contribution in [0.1, 0.15) is 27.7 Å². The summed E-state index contributed by atoms with van der Waals surface area (Å²) < 4.78 is 15.3. The molecule has 0 bridgehead atoms. The second-order valence-electron chi connectivity index (χ2n) is 7.34. The number of carbonyl (C=O) groups excluding carboxylic acids is 2. The van der Waals surface area contributed by atoms with Gasteiger partial charge >= 0.3 is 5.97 Å². The van der Waals surface area contributed by atoms with Gasteiger partial charge in [-0.3, -0.25) is 4.79 Å². The molecule has 0 aliphatic carbocycles. The fourth-order valence-electron chi connectivity index (χ4n) is 2.82. The van der Waals surface area contributed by atoms with Gasteiger partial charge in [0.2, 0.25) is 11.9 Å². The number of amides is 1. The normalized spacial score (nSPS) is 16.3. The van der Waals surface area contributed by atoms with Crippen LogP contribution in [0.4, 0.5) is 10.1 Å². The molecule has 3 heterocycles. The zero-order chi connectivity index (χ0) is 19.1. The van der Waals surface area contributed by atoms with E-state index in [1.165, 1.54) is 11.1 Å². The molecule has 1 saturated heterocycles. The van der Waals surface area contributed by atoms with Gasteiger partial charge in [-0.15, -0.1) is 5.06 Å². The lowest BCUT2D eigenvalue weighted by Crippen LogP contribution is -2.51. The minimum Gasteiger partial charge on any atom is -0.367 e. The number of pyridine rings is 1. The summed E-state index contributed by atoms with van der Waals surface area (Å²) in [4.78, 5) is 35.5. The van der Waals surface area contributed by atoms with Crippen molar-refractivity contribution >= 4 is 28.6 Å². The molecule has 1 aliphatic rings. The van der Waals surface area contributed by atoms with Gasteiger partial charge in [0.15, 0.2) is 0 Å². The van der Waals surface area contributed by atoms with E-state index in [4.69, 9.17) is 4.84 Å². The molecule has 2 aromatic rings. The zero-order valence-corrected chi connectivity index (χ0v) is 15.5. The summed E-state index contributed by atoms with van der Waals surface area (Å²) in [6.45, 7) is 8.59. The lowest BCUT2D eigenvalue weighted by atomic mass is 9.98. The van der Waals surface area contributed by atoms with Gasteiger partial charge < -0.3 is 14.3 Å². The van der Waals surface area contributed by atoms with Crippen molar-refractivity contribution in [1.29, 1.82) is 0 Å². The number of rotatable bonds is 3. The second kappa shape index (κ2) is 6.68. The summed E-state index contributed by atoms with van der Waals surface area (Å²) in [6, 6.07) is 2.93. The molecule has 0 unspecified atom stereocenters. The van der Waals surface area contributed by atoms with Crippen LogP contribution < -0.4 is 4.90 Å². The number of hydrogen-bond donors (Lipinski definition) is 0. The molecule has 0 spiro atoms. The van der Waals surface area contributed by atoms with E-state index in [9.17, 15) is 14.0 Å². The maximum atomic E-state index is 13.5. The van der Waals surface area contributed by atoms with Gasteiger partial charge in [0.1, 0.15) is 12.2 Å². The van der Waals surface area contributed by atoms with Crippen LogP contribution >= 0.6 is 0 Å². The molecule has 0 radical (unpaired) electrons. The van der Waals surface area contributed by atoms with E-state index < -0.39 is 11.4 Å². The van der Waals surface area contributed by atoms with Crippen LogP contribution in [0.3, 0.4) is 0 Å². The number of halogens is 1. The maximum Gasteiger partial charge on any atom is 0.330 e. The number of nitrogens with zero attached hydrogens (tertiary/aromatic N) is 4. The van der Waals surface area contributed by atoms with E-state index in [2.05, 4.69) is 4.98 Å². The number of aromatic nitrogens is 2. The van der Waals surface area contributed by atoms with Gasteiger partial charge in [-0.2, -0.15) is 4.39 Å².